The molecule has 0 fully saturated rings. The molecule has 0 saturated carbocycles. The van der Waals surface area contributed by atoms with Gasteiger partial charge < -0.3 is 24.2 Å². The molecule has 0 spiro atoms. The highest BCUT2D eigenvalue weighted by Crippen LogP contribution is 2.28. The van der Waals surface area contributed by atoms with Gasteiger partial charge in [-0.1, -0.05) is 12.7 Å². The second kappa shape index (κ2) is 9.47. The predicted octanol–water partition coefficient (Wildman–Crippen LogP) is 1.43. The number of hydrogen-bond acceptors (Lipinski definition) is 5. The first-order chi connectivity index (χ1) is 11.0. The van der Waals surface area contributed by atoms with E-state index in [9.17, 15) is 9.59 Å². The Hall–Kier alpha value is -2.54. The molecule has 0 unspecified atom stereocenters. The molecule has 0 aliphatic carbocycles. The highest BCUT2D eigenvalue weighted by Gasteiger charge is 2.20. The van der Waals surface area contributed by atoms with Crippen molar-refractivity contribution < 1.29 is 28.9 Å². The van der Waals surface area contributed by atoms with Crippen LogP contribution in [0, 0.1) is 0 Å². The fourth-order valence-corrected chi connectivity index (χ4v) is 1.87. The second-order valence-electron chi connectivity index (χ2n) is 4.58. The van der Waals surface area contributed by atoms with Crippen LogP contribution in [0.2, 0.25) is 0 Å². The SMILES string of the molecule is C=CCOc1ccc(C(=O)N(CCOC)CC(=O)O)cc1OC. The Kier molecular flexibility index (Phi) is 7.62. The molecule has 0 heterocycles. The van der Waals surface area contributed by atoms with Crippen LogP contribution in [-0.4, -0.2) is 62.4 Å². The Balaban J connectivity index is 2.99. The Morgan fingerprint density at radius 1 is 1.30 bits per heavy atom. The van der Waals surface area contributed by atoms with Gasteiger partial charge in [-0.25, -0.2) is 0 Å². The predicted molar refractivity (Wildman–Crippen MR) is 84.1 cm³/mol. The van der Waals surface area contributed by atoms with E-state index in [0.717, 1.165) is 0 Å². The largest absolute Gasteiger partial charge is 0.493 e. The van der Waals surface area contributed by atoms with Crippen molar-refractivity contribution in [2.75, 3.05) is 40.5 Å². The summed E-state index contributed by atoms with van der Waals surface area (Å²) in [6, 6.07) is 4.68. The maximum Gasteiger partial charge on any atom is 0.323 e. The van der Waals surface area contributed by atoms with Gasteiger partial charge in [0.15, 0.2) is 11.5 Å². The van der Waals surface area contributed by atoms with Crippen molar-refractivity contribution in [3.05, 3.63) is 36.4 Å². The molecule has 7 heteroatoms. The van der Waals surface area contributed by atoms with E-state index < -0.39 is 18.4 Å². The summed E-state index contributed by atoms with van der Waals surface area (Å²) in [7, 11) is 2.95. The summed E-state index contributed by atoms with van der Waals surface area (Å²) in [5, 5.41) is 8.93. The molecule has 126 valence electrons. The van der Waals surface area contributed by atoms with Gasteiger partial charge >= 0.3 is 5.97 Å². The van der Waals surface area contributed by atoms with E-state index in [4.69, 9.17) is 19.3 Å². The van der Waals surface area contributed by atoms with Crippen molar-refractivity contribution in [1.82, 2.24) is 4.90 Å². The zero-order valence-corrected chi connectivity index (χ0v) is 13.3. The lowest BCUT2D eigenvalue weighted by molar-refractivity contribution is -0.137. The molecule has 0 atom stereocenters. The van der Waals surface area contributed by atoms with Crippen LogP contribution < -0.4 is 9.47 Å². The molecule has 1 aromatic carbocycles. The molecular weight excluding hydrogens is 302 g/mol. The third-order valence-corrected chi connectivity index (χ3v) is 2.95. The summed E-state index contributed by atoms with van der Waals surface area (Å²) < 4.78 is 15.5. The first-order valence-corrected chi connectivity index (χ1v) is 6.95. The molecule has 1 amide bonds. The first-order valence-electron chi connectivity index (χ1n) is 6.95. The minimum Gasteiger partial charge on any atom is -0.493 e. The third-order valence-electron chi connectivity index (χ3n) is 2.95. The number of carboxylic acid groups (broad SMARTS) is 1. The van der Waals surface area contributed by atoms with Gasteiger partial charge in [-0.15, -0.1) is 0 Å². The zero-order valence-electron chi connectivity index (χ0n) is 13.3. The molecule has 0 bridgehead atoms. The molecule has 0 saturated heterocycles. The van der Waals surface area contributed by atoms with Crippen LogP contribution in [0.1, 0.15) is 10.4 Å². The summed E-state index contributed by atoms with van der Waals surface area (Å²) in [5.41, 5.74) is 0.310. The van der Waals surface area contributed by atoms with Gasteiger partial charge in [-0.05, 0) is 18.2 Å². The van der Waals surface area contributed by atoms with Crippen molar-refractivity contribution in [1.29, 1.82) is 0 Å². The number of carbonyl (C=O) groups excluding carboxylic acids is 1. The van der Waals surface area contributed by atoms with Gasteiger partial charge in [0, 0.05) is 19.2 Å². The molecule has 0 radical (unpaired) electrons. The summed E-state index contributed by atoms with van der Waals surface area (Å²) >= 11 is 0. The lowest BCUT2D eigenvalue weighted by atomic mass is 10.1. The minimum atomic E-state index is -1.09. The smallest absolute Gasteiger partial charge is 0.323 e. The average Bonchev–Trinajstić information content (AvgIpc) is 2.55. The maximum atomic E-state index is 12.5. The van der Waals surface area contributed by atoms with Crippen molar-refractivity contribution in [2.45, 2.75) is 0 Å². The highest BCUT2D eigenvalue weighted by atomic mass is 16.5. The lowest BCUT2D eigenvalue weighted by Gasteiger charge is -2.21. The van der Waals surface area contributed by atoms with E-state index in [0.29, 0.717) is 23.7 Å². The number of nitrogens with zero attached hydrogens (tertiary/aromatic N) is 1. The molecule has 0 aliphatic rings. The van der Waals surface area contributed by atoms with Gasteiger partial charge in [-0.2, -0.15) is 0 Å². The monoisotopic (exact) mass is 323 g/mol. The average molecular weight is 323 g/mol. The fraction of sp³-hybridized carbons (Fsp3) is 0.375. The Morgan fingerprint density at radius 3 is 2.61 bits per heavy atom. The number of hydrogen-bond donors (Lipinski definition) is 1. The molecule has 1 rings (SSSR count). The number of methoxy groups -OCH3 is 2. The number of aliphatic carboxylic acids is 1. The van der Waals surface area contributed by atoms with E-state index in [-0.39, 0.29) is 13.2 Å². The Bertz CT molecular complexity index is 558. The van der Waals surface area contributed by atoms with Gasteiger partial charge in [-0.3, -0.25) is 9.59 Å². The van der Waals surface area contributed by atoms with E-state index in [1.165, 1.54) is 25.2 Å². The van der Waals surface area contributed by atoms with E-state index in [2.05, 4.69) is 6.58 Å². The van der Waals surface area contributed by atoms with Crippen LogP contribution in [0.4, 0.5) is 0 Å². The van der Waals surface area contributed by atoms with Crippen LogP contribution in [-0.2, 0) is 9.53 Å². The first kappa shape index (κ1) is 18.5. The topological polar surface area (TPSA) is 85.3 Å². The highest BCUT2D eigenvalue weighted by molar-refractivity contribution is 5.96. The van der Waals surface area contributed by atoms with Gasteiger partial charge in [0.1, 0.15) is 13.2 Å². The zero-order chi connectivity index (χ0) is 17.2. The number of carbonyl (C=O) groups is 2. The van der Waals surface area contributed by atoms with Crippen molar-refractivity contribution in [2.24, 2.45) is 0 Å². The van der Waals surface area contributed by atoms with Crippen LogP contribution >= 0.6 is 0 Å². The van der Waals surface area contributed by atoms with Gasteiger partial charge in [0.25, 0.3) is 5.91 Å². The molecular formula is C16H21NO6. The van der Waals surface area contributed by atoms with Gasteiger partial charge in [0.2, 0.25) is 0 Å². The van der Waals surface area contributed by atoms with Crippen molar-refractivity contribution in [3.63, 3.8) is 0 Å². The molecule has 7 nitrogen and oxygen atoms in total. The second-order valence-corrected chi connectivity index (χ2v) is 4.58. The molecule has 0 aliphatic heterocycles. The van der Waals surface area contributed by atoms with Crippen LogP contribution in [0.15, 0.2) is 30.9 Å². The van der Waals surface area contributed by atoms with Crippen LogP contribution in [0.25, 0.3) is 0 Å². The summed E-state index contributed by atoms with van der Waals surface area (Å²) in [4.78, 5) is 24.6. The molecule has 0 aromatic heterocycles. The van der Waals surface area contributed by atoms with E-state index in [1.54, 1.807) is 18.2 Å². The van der Waals surface area contributed by atoms with Crippen LogP contribution in [0.3, 0.4) is 0 Å². The number of carboxylic acids is 1. The number of rotatable bonds is 10. The third kappa shape index (κ3) is 5.63. The fourth-order valence-electron chi connectivity index (χ4n) is 1.87. The number of amides is 1. The lowest BCUT2D eigenvalue weighted by Crippen LogP contribution is -2.38. The Morgan fingerprint density at radius 2 is 2.04 bits per heavy atom. The number of ether oxygens (including phenoxy) is 3. The Labute approximate surface area is 135 Å². The summed E-state index contributed by atoms with van der Waals surface area (Å²) in [5.74, 6) is -0.643. The standard InChI is InChI=1S/C16H21NO6/c1-4-8-23-13-6-5-12(10-14(13)22-3)16(20)17(7-9-21-2)11-15(18)19/h4-6,10H,1,7-9,11H2,2-3H3,(H,18,19). The molecule has 23 heavy (non-hydrogen) atoms. The maximum absolute atomic E-state index is 12.5. The van der Waals surface area contributed by atoms with Crippen LogP contribution in [0.5, 0.6) is 11.5 Å². The number of benzene rings is 1. The van der Waals surface area contributed by atoms with E-state index >= 15 is 0 Å². The quantitative estimate of drug-likeness (QED) is 0.656. The summed E-state index contributed by atoms with van der Waals surface area (Å²) in [6.07, 6.45) is 1.60. The van der Waals surface area contributed by atoms with Crippen molar-refractivity contribution in [3.8, 4) is 11.5 Å². The summed E-state index contributed by atoms with van der Waals surface area (Å²) in [6.45, 7) is 3.89. The molecule has 1 N–H and O–H groups in total. The van der Waals surface area contributed by atoms with Crippen molar-refractivity contribution >= 4 is 11.9 Å². The molecule has 1 aromatic rings. The van der Waals surface area contributed by atoms with Gasteiger partial charge in [0.05, 0.1) is 13.7 Å². The minimum absolute atomic E-state index is 0.179. The van der Waals surface area contributed by atoms with E-state index in [1.807, 2.05) is 0 Å². The normalized spacial score (nSPS) is 10.0.